The molecule has 4 rings (SSSR count). The maximum Gasteiger partial charge on any atom is 0.326 e. The number of esters is 1. The summed E-state index contributed by atoms with van der Waals surface area (Å²) in [5, 5.41) is 3.23. The predicted octanol–water partition coefficient (Wildman–Crippen LogP) is 3.70. The van der Waals surface area contributed by atoms with Crippen LogP contribution in [0.5, 0.6) is 0 Å². The van der Waals surface area contributed by atoms with Crippen LogP contribution >= 0.6 is 0 Å². The monoisotopic (exact) mass is 535 g/mol. The number of amides is 2. The van der Waals surface area contributed by atoms with Crippen molar-refractivity contribution in [2.75, 3.05) is 13.1 Å². The molecule has 0 unspecified atom stereocenters. The number of aryl methyl sites for hydroxylation is 2. The number of carbonyl (C=O) groups is 3. The number of fused-ring (bicyclic) bond motifs is 1. The first-order chi connectivity index (χ1) is 18.6. The van der Waals surface area contributed by atoms with E-state index in [1.54, 1.807) is 25.1 Å². The number of carbonyl (C=O) groups excluding carboxylic acids is 3. The Kier molecular flexibility index (Phi) is 8.83. The summed E-state index contributed by atoms with van der Waals surface area (Å²) < 4.78 is 33.1. The number of nitrogens with one attached hydrogen (secondary N) is 1. The Hall–Kier alpha value is -3.95. The molecule has 7 nitrogen and oxygen atoms in total. The second-order valence-corrected chi connectivity index (χ2v) is 9.72. The molecule has 0 fully saturated rings. The van der Waals surface area contributed by atoms with Crippen LogP contribution in [0, 0.1) is 18.6 Å². The fraction of sp³-hybridized carbons (Fsp3) is 0.300. The van der Waals surface area contributed by atoms with Gasteiger partial charge in [0.15, 0.2) is 0 Å². The third kappa shape index (κ3) is 6.93. The highest BCUT2D eigenvalue weighted by molar-refractivity contribution is 6.22. The van der Waals surface area contributed by atoms with E-state index in [1.165, 1.54) is 17.7 Å². The van der Waals surface area contributed by atoms with Gasteiger partial charge in [-0.15, -0.1) is 0 Å². The first-order valence-electron chi connectivity index (χ1n) is 12.8. The number of imide groups is 1. The van der Waals surface area contributed by atoms with Crippen LogP contribution in [0.4, 0.5) is 8.78 Å². The Morgan fingerprint density at radius 2 is 1.64 bits per heavy atom. The van der Waals surface area contributed by atoms with Gasteiger partial charge in [0, 0.05) is 25.2 Å². The number of ether oxygens (including phenoxy) is 1. The van der Waals surface area contributed by atoms with Crippen LogP contribution in [0.3, 0.4) is 0 Å². The minimum absolute atomic E-state index is 0.0337. The Labute approximate surface area is 225 Å². The highest BCUT2D eigenvalue weighted by atomic mass is 19.1. The lowest BCUT2D eigenvalue weighted by molar-refractivity contribution is -0.150. The van der Waals surface area contributed by atoms with Crippen LogP contribution < -0.4 is 11.1 Å². The third-order valence-corrected chi connectivity index (χ3v) is 6.64. The summed E-state index contributed by atoms with van der Waals surface area (Å²) in [7, 11) is 0. The van der Waals surface area contributed by atoms with Gasteiger partial charge in [0.25, 0.3) is 11.8 Å². The number of nitrogens with zero attached hydrogens (tertiary/aromatic N) is 1. The first-order valence-corrected chi connectivity index (χ1v) is 12.8. The van der Waals surface area contributed by atoms with E-state index in [2.05, 4.69) is 18.3 Å². The zero-order chi connectivity index (χ0) is 28.1. The lowest BCUT2D eigenvalue weighted by Gasteiger charge is -2.26. The van der Waals surface area contributed by atoms with Gasteiger partial charge in [-0.3, -0.25) is 19.3 Å². The number of rotatable bonds is 11. The Morgan fingerprint density at radius 1 is 0.949 bits per heavy atom. The van der Waals surface area contributed by atoms with E-state index in [-0.39, 0.29) is 24.1 Å². The van der Waals surface area contributed by atoms with Crippen molar-refractivity contribution in [1.29, 1.82) is 0 Å². The molecule has 0 bridgehead atoms. The van der Waals surface area contributed by atoms with Crippen molar-refractivity contribution in [3.8, 4) is 0 Å². The second kappa shape index (κ2) is 12.3. The molecule has 0 aliphatic carbocycles. The lowest BCUT2D eigenvalue weighted by Crippen LogP contribution is -2.47. The number of hydrogen-bond donors (Lipinski definition) is 2. The molecule has 204 valence electrons. The molecule has 1 aliphatic heterocycles. The minimum Gasteiger partial charge on any atom is -0.458 e. The molecule has 3 aromatic carbocycles. The van der Waals surface area contributed by atoms with Crippen LogP contribution in [-0.2, 0) is 28.9 Å². The highest BCUT2D eigenvalue weighted by Crippen LogP contribution is 2.24. The smallest absolute Gasteiger partial charge is 0.326 e. The molecule has 0 saturated heterocycles. The van der Waals surface area contributed by atoms with Gasteiger partial charge in [0.2, 0.25) is 0 Å². The number of benzene rings is 3. The molecular weight excluding hydrogens is 504 g/mol. The Morgan fingerprint density at radius 3 is 2.36 bits per heavy atom. The number of nitrogens with two attached hydrogens (primary N) is 1. The maximum atomic E-state index is 13.7. The fourth-order valence-corrected chi connectivity index (χ4v) is 4.61. The summed E-state index contributed by atoms with van der Waals surface area (Å²) in [4.78, 5) is 39.3. The molecule has 2 atom stereocenters. The summed E-state index contributed by atoms with van der Waals surface area (Å²) >= 11 is 0. The van der Waals surface area contributed by atoms with Crippen LogP contribution in [-0.4, -0.2) is 47.9 Å². The van der Waals surface area contributed by atoms with Crippen LogP contribution in [0.1, 0.15) is 49.9 Å². The number of halogens is 2. The quantitative estimate of drug-likeness (QED) is 0.287. The van der Waals surface area contributed by atoms with Gasteiger partial charge >= 0.3 is 5.97 Å². The van der Waals surface area contributed by atoms with E-state index in [1.807, 2.05) is 18.2 Å². The van der Waals surface area contributed by atoms with Crippen molar-refractivity contribution in [3.63, 3.8) is 0 Å². The van der Waals surface area contributed by atoms with Crippen LogP contribution in [0.2, 0.25) is 0 Å². The zero-order valence-corrected chi connectivity index (χ0v) is 21.9. The highest BCUT2D eigenvalue weighted by Gasteiger charge is 2.37. The molecule has 3 aromatic rings. The van der Waals surface area contributed by atoms with Gasteiger partial charge in [-0.05, 0) is 60.7 Å². The largest absolute Gasteiger partial charge is 0.458 e. The van der Waals surface area contributed by atoms with E-state index in [0.717, 1.165) is 28.5 Å². The van der Waals surface area contributed by atoms with Crippen LogP contribution in [0.15, 0.2) is 60.7 Å². The summed E-state index contributed by atoms with van der Waals surface area (Å²) in [5.74, 6) is -3.43. The SMILES string of the molecule is CCc1cccc(CNC[C@@H](OC(=O)CN2C(=O)c3ccc(C)cc3C2=O)[C@@H](N)Cc2cc(F)cc(F)c2)c1. The normalized spacial score (nSPS) is 14.3. The van der Waals surface area contributed by atoms with Crippen molar-refractivity contribution in [3.05, 3.63) is 106 Å². The molecular formula is C30H31F2N3O4. The molecule has 0 saturated carbocycles. The molecule has 0 aromatic heterocycles. The minimum atomic E-state index is -0.907. The number of hydrogen-bond acceptors (Lipinski definition) is 6. The molecule has 1 aliphatic rings. The molecule has 3 N–H and O–H groups in total. The van der Waals surface area contributed by atoms with Crippen LogP contribution in [0.25, 0.3) is 0 Å². The van der Waals surface area contributed by atoms with E-state index in [9.17, 15) is 23.2 Å². The topological polar surface area (TPSA) is 102 Å². The third-order valence-electron chi connectivity index (χ3n) is 6.64. The van der Waals surface area contributed by atoms with E-state index < -0.39 is 48.1 Å². The zero-order valence-electron chi connectivity index (χ0n) is 21.9. The van der Waals surface area contributed by atoms with Crippen molar-refractivity contribution in [2.24, 2.45) is 5.73 Å². The van der Waals surface area contributed by atoms with Gasteiger partial charge in [-0.25, -0.2) is 8.78 Å². The van der Waals surface area contributed by atoms with Gasteiger partial charge in [0.1, 0.15) is 24.3 Å². The Balaban J connectivity index is 1.45. The second-order valence-electron chi connectivity index (χ2n) is 9.72. The van der Waals surface area contributed by atoms with E-state index in [0.29, 0.717) is 12.1 Å². The standard InChI is InChI=1S/C30H31F2N3O4/c1-3-19-5-4-6-20(10-19)15-34-16-27(26(33)13-21-11-22(31)14-23(32)12-21)39-28(36)17-35-29(37)24-8-7-18(2)9-25(24)30(35)38/h4-12,14,26-27,34H,3,13,15-17,33H2,1-2H3/t26-,27+/m0/s1. The van der Waals surface area contributed by atoms with Crippen molar-refractivity contribution in [2.45, 2.75) is 45.4 Å². The van der Waals surface area contributed by atoms with Crippen molar-refractivity contribution in [1.82, 2.24) is 10.2 Å². The summed E-state index contributed by atoms with van der Waals surface area (Å²) in [6, 6.07) is 15.2. The predicted molar refractivity (Wildman–Crippen MR) is 142 cm³/mol. The molecule has 0 radical (unpaired) electrons. The van der Waals surface area contributed by atoms with Crippen molar-refractivity contribution >= 4 is 17.8 Å². The maximum absolute atomic E-state index is 13.7. The molecule has 1 heterocycles. The van der Waals surface area contributed by atoms with Gasteiger partial charge < -0.3 is 15.8 Å². The first kappa shape index (κ1) is 28.1. The van der Waals surface area contributed by atoms with E-state index in [4.69, 9.17) is 10.5 Å². The molecule has 0 spiro atoms. The van der Waals surface area contributed by atoms with Gasteiger partial charge in [-0.1, -0.05) is 42.8 Å². The average Bonchev–Trinajstić information content (AvgIpc) is 3.11. The fourth-order valence-electron chi connectivity index (χ4n) is 4.61. The molecule has 39 heavy (non-hydrogen) atoms. The summed E-state index contributed by atoms with van der Waals surface area (Å²) in [6.07, 6.45) is 0.0162. The van der Waals surface area contributed by atoms with Gasteiger partial charge in [0.05, 0.1) is 11.1 Å². The lowest BCUT2D eigenvalue weighted by atomic mass is 10.0. The molecule has 9 heteroatoms. The summed E-state index contributed by atoms with van der Waals surface area (Å²) in [5.41, 5.74) is 10.2. The van der Waals surface area contributed by atoms with Crippen molar-refractivity contribution < 1.29 is 27.9 Å². The Bertz CT molecular complexity index is 1370. The van der Waals surface area contributed by atoms with Gasteiger partial charge in [-0.2, -0.15) is 0 Å². The average molecular weight is 536 g/mol. The van der Waals surface area contributed by atoms with E-state index >= 15 is 0 Å². The summed E-state index contributed by atoms with van der Waals surface area (Å²) in [6.45, 7) is 3.90. The molecule has 2 amide bonds.